The van der Waals surface area contributed by atoms with E-state index in [0.29, 0.717) is 30.4 Å². The molecule has 0 radical (unpaired) electrons. The number of aliphatic hydroxyl groups is 5. The second-order valence-corrected chi connectivity index (χ2v) is 17.9. The molecule has 366 valence electrons. The summed E-state index contributed by atoms with van der Waals surface area (Å²) in [6.07, 6.45) is -10.5. The van der Waals surface area contributed by atoms with Crippen molar-refractivity contribution in [3.05, 3.63) is 35.4 Å². The number of aliphatic hydroxyl groups excluding tert-OH is 5. The van der Waals surface area contributed by atoms with Crippen LogP contribution in [0.25, 0.3) is 0 Å². The number of carboxylic acids is 2. The summed E-state index contributed by atoms with van der Waals surface area (Å²) < 4.78 is 31.1. The first-order valence-corrected chi connectivity index (χ1v) is 23.0. The third-order valence-electron chi connectivity index (χ3n) is 13.1. The number of hydrogen-bond acceptors (Lipinski definition) is 15. The molecule has 0 spiro atoms. The Balaban J connectivity index is 1.36. The number of hydrogen-bond donors (Lipinski definition) is 10. The summed E-state index contributed by atoms with van der Waals surface area (Å²) in [6.45, 7) is 3.92. The molecule has 0 bridgehead atoms. The van der Waals surface area contributed by atoms with E-state index >= 15 is 0 Å². The molecule has 2 heterocycles. The summed E-state index contributed by atoms with van der Waals surface area (Å²) in [4.78, 5) is 63.5. The van der Waals surface area contributed by atoms with Crippen LogP contribution in [0.4, 0.5) is 0 Å². The Morgan fingerprint density at radius 3 is 2.22 bits per heavy atom. The van der Waals surface area contributed by atoms with Gasteiger partial charge in [-0.05, 0) is 62.5 Å². The van der Waals surface area contributed by atoms with Gasteiger partial charge in [-0.1, -0.05) is 63.6 Å². The Bertz CT molecular complexity index is 1730. The molecule has 2 saturated carbocycles. The first kappa shape index (κ1) is 52.1. The predicted octanol–water partition coefficient (Wildman–Crippen LogP) is 0.366. The summed E-state index contributed by atoms with van der Waals surface area (Å²) >= 11 is 0. The van der Waals surface area contributed by atoms with E-state index < -0.39 is 116 Å². The molecule has 10 N–H and O–H groups in total. The van der Waals surface area contributed by atoms with Crippen molar-refractivity contribution in [2.45, 2.75) is 177 Å². The molecule has 3 amide bonds. The summed E-state index contributed by atoms with van der Waals surface area (Å²) in [6, 6.07) is 5.53. The quantitative estimate of drug-likeness (QED) is 0.0745. The number of rotatable bonds is 21. The summed E-state index contributed by atoms with van der Waals surface area (Å²) in [5, 5.41) is 81.6. The molecule has 2 saturated heterocycles. The van der Waals surface area contributed by atoms with E-state index in [1.807, 2.05) is 6.92 Å². The van der Waals surface area contributed by atoms with Gasteiger partial charge in [-0.2, -0.15) is 0 Å². The van der Waals surface area contributed by atoms with Gasteiger partial charge in [-0.15, -0.1) is 0 Å². The standard InChI is InChI=1S/C45H69N3O17/c1-4-26-20-28(41(57)46-17-18-47-42(58)29-15-9-8-13-27(29)14-10-16-33(51)52)21-30(39(26)65-45-38(56)37(55)35(53)23(2)61-45)63-44-34(48-24(3)50)40(36(54)32(22-49)64-44)62-31(43(59)60)19-25-11-6-5-7-12-25/h8-9,13,15,23,25-26,28,30-32,34-40,44-45,49,53-56H,4-7,10-12,14,16-22H2,1-3H3,(H,46,57)(H,47,58)(H,48,50)(H,51,52)(H,59,60)/t23?,26?,28?,30-,31+,32?,34?,35-,36+,37?,38?,39?,40?,44-,45+/m1/s1. The third-order valence-corrected chi connectivity index (χ3v) is 13.1. The lowest BCUT2D eigenvalue weighted by molar-refractivity contribution is -0.338. The maximum atomic E-state index is 13.9. The van der Waals surface area contributed by atoms with Crippen molar-refractivity contribution in [1.29, 1.82) is 0 Å². The Hall–Kier alpha value is -3.83. The van der Waals surface area contributed by atoms with Crippen molar-refractivity contribution in [3.63, 3.8) is 0 Å². The number of aryl methyl sites for hydroxylation is 1. The van der Waals surface area contributed by atoms with Gasteiger partial charge in [0, 0.05) is 37.9 Å². The highest BCUT2D eigenvalue weighted by Crippen LogP contribution is 2.40. The molecule has 2 aliphatic carbocycles. The maximum absolute atomic E-state index is 13.9. The molecule has 1 aromatic carbocycles. The van der Waals surface area contributed by atoms with Crippen LogP contribution in [0.15, 0.2) is 24.3 Å². The van der Waals surface area contributed by atoms with Gasteiger partial charge in [-0.25, -0.2) is 4.79 Å². The molecule has 65 heavy (non-hydrogen) atoms. The molecule has 4 aliphatic rings. The van der Waals surface area contributed by atoms with Crippen LogP contribution in [0, 0.1) is 17.8 Å². The Morgan fingerprint density at radius 1 is 0.846 bits per heavy atom. The molecular weight excluding hydrogens is 854 g/mol. The van der Waals surface area contributed by atoms with Crippen molar-refractivity contribution in [2.75, 3.05) is 19.7 Å². The highest BCUT2D eigenvalue weighted by Gasteiger charge is 2.53. The summed E-state index contributed by atoms with van der Waals surface area (Å²) in [7, 11) is 0. The molecule has 4 fully saturated rings. The minimum atomic E-state index is -1.69. The molecule has 9 unspecified atom stereocenters. The fraction of sp³-hybridized carbons (Fsp3) is 0.756. The lowest BCUT2D eigenvalue weighted by Gasteiger charge is -2.49. The van der Waals surface area contributed by atoms with E-state index in [0.717, 1.165) is 32.1 Å². The van der Waals surface area contributed by atoms with Gasteiger partial charge in [0.15, 0.2) is 18.7 Å². The topological polar surface area (TPSA) is 309 Å². The molecule has 0 aromatic heterocycles. The first-order valence-electron chi connectivity index (χ1n) is 23.0. The lowest BCUT2D eigenvalue weighted by Crippen LogP contribution is -2.67. The van der Waals surface area contributed by atoms with Crippen LogP contribution in [-0.2, 0) is 49.3 Å². The molecule has 2 aliphatic heterocycles. The minimum Gasteiger partial charge on any atom is -0.481 e. The summed E-state index contributed by atoms with van der Waals surface area (Å²) in [5.41, 5.74) is 1.09. The average Bonchev–Trinajstić information content (AvgIpc) is 3.28. The molecule has 5 rings (SSSR count). The highest BCUT2D eigenvalue weighted by molar-refractivity contribution is 5.95. The number of aliphatic carboxylic acids is 2. The Labute approximate surface area is 378 Å². The van der Waals surface area contributed by atoms with Crippen LogP contribution < -0.4 is 16.0 Å². The van der Waals surface area contributed by atoms with E-state index in [4.69, 9.17) is 28.8 Å². The largest absolute Gasteiger partial charge is 0.481 e. The Morgan fingerprint density at radius 2 is 1.55 bits per heavy atom. The highest BCUT2D eigenvalue weighted by atomic mass is 16.7. The second-order valence-electron chi connectivity index (χ2n) is 17.9. The van der Waals surface area contributed by atoms with Crippen LogP contribution in [0.2, 0.25) is 0 Å². The maximum Gasteiger partial charge on any atom is 0.332 e. The number of ether oxygens (including phenoxy) is 5. The van der Waals surface area contributed by atoms with Crippen LogP contribution >= 0.6 is 0 Å². The van der Waals surface area contributed by atoms with E-state index in [2.05, 4.69) is 16.0 Å². The number of nitrogens with one attached hydrogen (secondary N) is 3. The van der Waals surface area contributed by atoms with Crippen molar-refractivity contribution < 1.29 is 83.4 Å². The molecular formula is C45H69N3O17. The van der Waals surface area contributed by atoms with Crippen molar-refractivity contribution in [1.82, 2.24) is 16.0 Å². The number of carboxylic acid groups (broad SMARTS) is 2. The van der Waals surface area contributed by atoms with E-state index in [9.17, 15) is 54.6 Å². The van der Waals surface area contributed by atoms with Crippen molar-refractivity contribution in [3.8, 4) is 0 Å². The van der Waals surface area contributed by atoms with Gasteiger partial charge >= 0.3 is 11.9 Å². The minimum absolute atomic E-state index is 0.0397. The number of benzene rings is 1. The van der Waals surface area contributed by atoms with Crippen LogP contribution in [-0.4, -0.2) is 165 Å². The molecule has 20 nitrogen and oxygen atoms in total. The lowest BCUT2D eigenvalue weighted by atomic mass is 9.75. The fourth-order valence-electron chi connectivity index (χ4n) is 9.57. The van der Waals surface area contributed by atoms with Crippen molar-refractivity contribution in [2.24, 2.45) is 17.8 Å². The van der Waals surface area contributed by atoms with Crippen molar-refractivity contribution >= 4 is 29.7 Å². The number of carbonyl (C=O) groups excluding carboxylic acids is 3. The van der Waals surface area contributed by atoms with E-state index in [-0.39, 0.29) is 56.5 Å². The summed E-state index contributed by atoms with van der Waals surface area (Å²) in [5.74, 6) is -4.72. The van der Waals surface area contributed by atoms with Gasteiger partial charge in [0.25, 0.3) is 5.91 Å². The van der Waals surface area contributed by atoms with Crippen LogP contribution in [0.3, 0.4) is 0 Å². The zero-order valence-electron chi connectivity index (χ0n) is 37.4. The van der Waals surface area contributed by atoms with Gasteiger partial charge in [0.1, 0.15) is 42.7 Å². The third kappa shape index (κ3) is 14.1. The zero-order chi connectivity index (χ0) is 47.4. The normalized spacial score (nSPS) is 33.7. The molecule has 15 atom stereocenters. The zero-order valence-corrected chi connectivity index (χ0v) is 37.4. The fourth-order valence-corrected chi connectivity index (χ4v) is 9.57. The van der Waals surface area contributed by atoms with Gasteiger partial charge in [0.2, 0.25) is 11.8 Å². The van der Waals surface area contributed by atoms with E-state index in [1.165, 1.54) is 13.8 Å². The molecule has 1 aromatic rings. The Kier molecular flexibility index (Phi) is 19.9. The molecule has 20 heteroatoms. The van der Waals surface area contributed by atoms with Gasteiger partial charge < -0.3 is 75.4 Å². The van der Waals surface area contributed by atoms with Gasteiger partial charge in [-0.3, -0.25) is 19.2 Å². The predicted molar refractivity (Wildman–Crippen MR) is 228 cm³/mol. The monoisotopic (exact) mass is 923 g/mol. The number of carbonyl (C=O) groups is 5. The smallest absolute Gasteiger partial charge is 0.332 e. The van der Waals surface area contributed by atoms with Crippen LogP contribution in [0.5, 0.6) is 0 Å². The van der Waals surface area contributed by atoms with Crippen LogP contribution in [0.1, 0.15) is 107 Å². The second kappa shape index (κ2) is 24.8. The number of amides is 3. The van der Waals surface area contributed by atoms with Gasteiger partial charge in [0.05, 0.1) is 24.9 Å². The SMILES string of the molecule is CCC1CC(C(=O)NCCNC(=O)c2ccccc2CCCC(=O)O)C[C@@H](O[C@@H]2OC(CO)[C@H](O)C(O[C@@H](CC3CCCCC3)C(=O)O)C2NC(C)=O)C1O[C@@H]1OC(C)[C@@H](O)C(O)C1O. The van der Waals surface area contributed by atoms with E-state index in [1.54, 1.807) is 24.3 Å². The average molecular weight is 924 g/mol. The first-order chi connectivity index (χ1) is 31.0.